The highest BCUT2D eigenvalue weighted by molar-refractivity contribution is 5.27. The van der Waals surface area contributed by atoms with E-state index in [-0.39, 0.29) is 18.0 Å². The molecule has 1 saturated heterocycles. The number of nitrogens with one attached hydrogen (secondary N) is 1. The van der Waals surface area contributed by atoms with Crippen LogP contribution >= 0.6 is 0 Å². The smallest absolute Gasteiger partial charge is 0.126 e. The summed E-state index contributed by atoms with van der Waals surface area (Å²) in [5.74, 6) is -0.129. The van der Waals surface area contributed by atoms with Gasteiger partial charge < -0.3 is 10.1 Å². The fraction of sp³-hybridized carbons (Fsp3) is 0.625. The highest BCUT2D eigenvalue weighted by Crippen LogP contribution is 2.30. The van der Waals surface area contributed by atoms with Crippen molar-refractivity contribution in [1.82, 2.24) is 10.2 Å². The van der Waals surface area contributed by atoms with Crippen LogP contribution in [-0.2, 0) is 4.74 Å². The lowest BCUT2D eigenvalue weighted by molar-refractivity contribution is -0.0615. The number of nitrogens with zero attached hydrogens (tertiary/aromatic N) is 1. The summed E-state index contributed by atoms with van der Waals surface area (Å²) in [6.45, 7) is 4.28. The predicted octanol–water partition coefficient (Wildman–Crippen LogP) is 2.26. The van der Waals surface area contributed by atoms with E-state index in [9.17, 15) is 4.39 Å². The molecule has 0 amide bonds. The maximum atomic E-state index is 13.8. The normalized spacial score (nSPS) is 27.8. The largest absolute Gasteiger partial charge is 0.374 e. The molecular formula is C16H23FN2O. The number of hydrogen-bond acceptors (Lipinski definition) is 3. The first-order valence-electron chi connectivity index (χ1n) is 7.46. The summed E-state index contributed by atoms with van der Waals surface area (Å²) >= 11 is 0. The van der Waals surface area contributed by atoms with Gasteiger partial charge >= 0.3 is 0 Å². The van der Waals surface area contributed by atoms with Gasteiger partial charge in [0.25, 0.3) is 0 Å². The number of aryl methyl sites for hydroxylation is 1. The molecule has 0 bridgehead atoms. The number of morpholine rings is 1. The molecular weight excluding hydrogens is 255 g/mol. The second kappa shape index (κ2) is 5.80. The van der Waals surface area contributed by atoms with Crippen LogP contribution in [0.3, 0.4) is 0 Å². The monoisotopic (exact) mass is 278 g/mol. The highest BCUT2D eigenvalue weighted by atomic mass is 19.1. The number of hydrogen-bond donors (Lipinski definition) is 1. The maximum Gasteiger partial charge on any atom is 0.126 e. The van der Waals surface area contributed by atoms with Crippen LogP contribution in [0.2, 0.25) is 0 Å². The Bertz CT molecular complexity index is 476. The molecule has 0 spiro atoms. The summed E-state index contributed by atoms with van der Waals surface area (Å²) in [6, 6.07) is 6.35. The lowest BCUT2D eigenvalue weighted by Crippen LogP contribution is -2.47. The molecule has 1 saturated carbocycles. The molecule has 1 aliphatic heterocycles. The Hall–Kier alpha value is -0.970. The van der Waals surface area contributed by atoms with Gasteiger partial charge in [0.2, 0.25) is 0 Å². The standard InChI is InChI=1S/C16H23FN2O/c1-11-3-4-12(9-14(11)17)16-15(10-18-13-5-6-13)20-8-7-19(16)2/h3-4,9,13,15-16,18H,5-8,10H2,1-2H3. The minimum atomic E-state index is -0.129. The van der Waals surface area contributed by atoms with Crippen molar-refractivity contribution >= 4 is 0 Å². The van der Waals surface area contributed by atoms with E-state index in [1.165, 1.54) is 12.8 Å². The first kappa shape index (κ1) is 14.0. The van der Waals surface area contributed by atoms with Crippen molar-refractivity contribution in [2.75, 3.05) is 26.7 Å². The van der Waals surface area contributed by atoms with E-state index in [4.69, 9.17) is 4.74 Å². The molecule has 20 heavy (non-hydrogen) atoms. The van der Waals surface area contributed by atoms with Crippen LogP contribution < -0.4 is 5.32 Å². The second-order valence-corrected chi connectivity index (χ2v) is 6.03. The lowest BCUT2D eigenvalue weighted by atomic mass is 9.97. The van der Waals surface area contributed by atoms with E-state index >= 15 is 0 Å². The van der Waals surface area contributed by atoms with Crippen molar-refractivity contribution in [2.45, 2.75) is 38.0 Å². The number of likely N-dealkylation sites (N-methyl/N-ethyl adjacent to an activating group) is 1. The minimum absolute atomic E-state index is 0.0939. The van der Waals surface area contributed by atoms with Crippen LogP contribution in [0.4, 0.5) is 4.39 Å². The van der Waals surface area contributed by atoms with Crippen LogP contribution in [0.15, 0.2) is 18.2 Å². The molecule has 110 valence electrons. The van der Waals surface area contributed by atoms with Gasteiger partial charge in [0, 0.05) is 19.1 Å². The summed E-state index contributed by atoms with van der Waals surface area (Å²) in [5, 5.41) is 3.53. The van der Waals surface area contributed by atoms with Gasteiger partial charge in [-0.1, -0.05) is 12.1 Å². The summed E-state index contributed by atoms with van der Waals surface area (Å²) in [7, 11) is 2.09. The van der Waals surface area contributed by atoms with E-state index in [1.54, 1.807) is 13.0 Å². The van der Waals surface area contributed by atoms with Crippen molar-refractivity contribution in [3.63, 3.8) is 0 Å². The Morgan fingerprint density at radius 3 is 2.90 bits per heavy atom. The van der Waals surface area contributed by atoms with Gasteiger partial charge in [0.1, 0.15) is 5.82 Å². The summed E-state index contributed by atoms with van der Waals surface area (Å²) in [6.07, 6.45) is 2.63. The Morgan fingerprint density at radius 2 is 2.20 bits per heavy atom. The third-order valence-corrected chi connectivity index (χ3v) is 4.33. The van der Waals surface area contributed by atoms with E-state index in [2.05, 4.69) is 17.3 Å². The molecule has 1 heterocycles. The molecule has 1 aromatic rings. The molecule has 1 N–H and O–H groups in total. The average molecular weight is 278 g/mol. The Morgan fingerprint density at radius 1 is 1.40 bits per heavy atom. The highest BCUT2D eigenvalue weighted by Gasteiger charge is 2.33. The fourth-order valence-corrected chi connectivity index (χ4v) is 2.87. The van der Waals surface area contributed by atoms with Crippen molar-refractivity contribution in [1.29, 1.82) is 0 Å². The number of halogens is 1. The number of benzene rings is 1. The Balaban J connectivity index is 1.78. The second-order valence-electron chi connectivity index (χ2n) is 6.03. The molecule has 3 nitrogen and oxygen atoms in total. The van der Waals surface area contributed by atoms with Crippen LogP contribution in [-0.4, -0.2) is 43.8 Å². The zero-order valence-electron chi connectivity index (χ0n) is 12.2. The molecule has 0 aromatic heterocycles. The van der Waals surface area contributed by atoms with Gasteiger partial charge in [0.05, 0.1) is 18.8 Å². The summed E-state index contributed by atoms with van der Waals surface area (Å²) < 4.78 is 19.8. The lowest BCUT2D eigenvalue weighted by Gasteiger charge is -2.39. The Labute approximate surface area is 120 Å². The average Bonchev–Trinajstić information content (AvgIpc) is 3.24. The van der Waals surface area contributed by atoms with Gasteiger partial charge in [-0.15, -0.1) is 0 Å². The van der Waals surface area contributed by atoms with Crippen molar-refractivity contribution in [3.8, 4) is 0 Å². The zero-order chi connectivity index (χ0) is 14.1. The molecule has 2 fully saturated rings. The molecule has 3 rings (SSSR count). The van der Waals surface area contributed by atoms with Gasteiger partial charge in [-0.05, 0) is 44.0 Å². The topological polar surface area (TPSA) is 24.5 Å². The first-order valence-corrected chi connectivity index (χ1v) is 7.46. The zero-order valence-corrected chi connectivity index (χ0v) is 12.2. The molecule has 1 aliphatic carbocycles. The molecule has 0 radical (unpaired) electrons. The number of rotatable bonds is 4. The summed E-state index contributed by atoms with van der Waals surface area (Å²) in [5.41, 5.74) is 1.71. The molecule has 2 atom stereocenters. The minimum Gasteiger partial charge on any atom is -0.374 e. The fourth-order valence-electron chi connectivity index (χ4n) is 2.87. The van der Waals surface area contributed by atoms with Crippen LogP contribution in [0.25, 0.3) is 0 Å². The number of ether oxygens (including phenoxy) is 1. The van der Waals surface area contributed by atoms with Crippen LogP contribution in [0.5, 0.6) is 0 Å². The van der Waals surface area contributed by atoms with Gasteiger partial charge in [-0.25, -0.2) is 4.39 Å². The molecule has 2 aliphatic rings. The molecule has 2 unspecified atom stereocenters. The first-order chi connectivity index (χ1) is 9.65. The van der Waals surface area contributed by atoms with Crippen molar-refractivity contribution in [3.05, 3.63) is 35.1 Å². The van der Waals surface area contributed by atoms with Gasteiger partial charge in [0.15, 0.2) is 0 Å². The van der Waals surface area contributed by atoms with Gasteiger partial charge in [-0.3, -0.25) is 4.90 Å². The van der Waals surface area contributed by atoms with E-state index in [0.717, 1.165) is 25.3 Å². The van der Waals surface area contributed by atoms with E-state index in [0.29, 0.717) is 11.6 Å². The van der Waals surface area contributed by atoms with E-state index in [1.807, 2.05) is 12.1 Å². The summed E-state index contributed by atoms with van der Waals surface area (Å²) in [4.78, 5) is 2.27. The van der Waals surface area contributed by atoms with Crippen molar-refractivity contribution in [2.24, 2.45) is 0 Å². The van der Waals surface area contributed by atoms with Crippen LogP contribution in [0, 0.1) is 12.7 Å². The Kier molecular flexibility index (Phi) is 4.06. The third kappa shape index (κ3) is 3.03. The van der Waals surface area contributed by atoms with E-state index < -0.39 is 0 Å². The van der Waals surface area contributed by atoms with Crippen LogP contribution in [0.1, 0.15) is 30.0 Å². The van der Waals surface area contributed by atoms with Gasteiger partial charge in [-0.2, -0.15) is 0 Å². The third-order valence-electron chi connectivity index (χ3n) is 4.33. The SMILES string of the molecule is Cc1ccc(C2C(CNC3CC3)OCCN2C)cc1F. The van der Waals surface area contributed by atoms with Crippen molar-refractivity contribution < 1.29 is 9.13 Å². The molecule has 1 aromatic carbocycles. The predicted molar refractivity (Wildman–Crippen MR) is 77.3 cm³/mol. The maximum absolute atomic E-state index is 13.8. The quantitative estimate of drug-likeness (QED) is 0.914. The molecule has 4 heteroatoms.